The zero-order chi connectivity index (χ0) is 15.5. The monoisotopic (exact) mass is 293 g/mol. The fraction of sp³-hybridized carbons (Fsp3) is 0.211. The summed E-state index contributed by atoms with van der Waals surface area (Å²) in [7, 11) is 0. The Balaban J connectivity index is 2.04. The summed E-state index contributed by atoms with van der Waals surface area (Å²) in [6.07, 6.45) is 1.96. The van der Waals surface area contributed by atoms with Gasteiger partial charge in [-0.05, 0) is 40.8 Å². The molecule has 0 fully saturated rings. The Kier molecular flexibility index (Phi) is 3.96. The van der Waals surface area contributed by atoms with E-state index in [9.17, 15) is 9.90 Å². The van der Waals surface area contributed by atoms with Gasteiger partial charge in [-0.2, -0.15) is 0 Å². The van der Waals surface area contributed by atoms with Crippen molar-refractivity contribution in [3.05, 3.63) is 54.1 Å². The molecule has 3 rings (SSSR count). The molecule has 0 radical (unpaired) electrons. The van der Waals surface area contributed by atoms with Crippen molar-refractivity contribution in [2.75, 3.05) is 6.54 Å². The maximum atomic E-state index is 12.2. The summed E-state index contributed by atoms with van der Waals surface area (Å²) in [5.41, 5.74) is 0.332. The molecule has 3 nitrogen and oxygen atoms in total. The minimum atomic E-state index is -0.221. The summed E-state index contributed by atoms with van der Waals surface area (Å²) < 4.78 is 0. The molecule has 1 amide bonds. The van der Waals surface area contributed by atoms with Crippen LogP contribution in [0.1, 0.15) is 30.1 Å². The van der Waals surface area contributed by atoms with Crippen molar-refractivity contribution in [1.29, 1.82) is 0 Å². The number of nitrogens with one attached hydrogen (secondary N) is 1. The summed E-state index contributed by atoms with van der Waals surface area (Å²) in [5.74, 6) is -0.168. The highest BCUT2D eigenvalue weighted by Gasteiger charge is 2.13. The molecule has 3 heteroatoms. The highest BCUT2D eigenvalue weighted by atomic mass is 16.3. The number of carbonyl (C=O) groups excluding carboxylic acids is 1. The first-order chi connectivity index (χ1) is 10.7. The number of phenolic OH excluding ortho intramolecular Hbond substituents is 1. The van der Waals surface area contributed by atoms with Crippen molar-refractivity contribution in [3.63, 3.8) is 0 Å². The number of phenols is 1. The predicted octanol–water partition coefficient (Wildman–Crippen LogP) is 4.23. The third-order valence-electron chi connectivity index (χ3n) is 3.92. The van der Waals surface area contributed by atoms with Crippen molar-refractivity contribution >= 4 is 27.5 Å². The van der Waals surface area contributed by atoms with Gasteiger partial charge in [0.2, 0.25) is 0 Å². The van der Waals surface area contributed by atoms with Crippen LogP contribution < -0.4 is 5.32 Å². The molecule has 0 unspecified atom stereocenters. The summed E-state index contributed by atoms with van der Waals surface area (Å²) in [4.78, 5) is 12.2. The summed E-state index contributed by atoms with van der Waals surface area (Å²) in [6.45, 7) is 2.70. The average molecular weight is 293 g/mol. The molecule has 3 aromatic rings. The van der Waals surface area contributed by atoms with E-state index in [4.69, 9.17) is 0 Å². The minimum Gasteiger partial charge on any atom is -0.506 e. The van der Waals surface area contributed by atoms with E-state index in [1.165, 1.54) is 0 Å². The van der Waals surface area contributed by atoms with E-state index in [2.05, 4.69) is 12.2 Å². The molecule has 0 spiro atoms. The highest BCUT2D eigenvalue weighted by molar-refractivity contribution is 6.07. The number of hydrogen-bond acceptors (Lipinski definition) is 2. The SMILES string of the molecule is CCCCNC(=O)c1ccc2cc3ccccc3cc2c1O. The van der Waals surface area contributed by atoms with Gasteiger partial charge in [-0.15, -0.1) is 0 Å². The molecule has 0 atom stereocenters. The Morgan fingerprint density at radius 3 is 2.50 bits per heavy atom. The number of benzene rings is 3. The van der Waals surface area contributed by atoms with Crippen molar-refractivity contribution < 1.29 is 9.90 Å². The minimum absolute atomic E-state index is 0.0530. The van der Waals surface area contributed by atoms with Crippen LogP contribution in [0.15, 0.2) is 48.5 Å². The molecule has 22 heavy (non-hydrogen) atoms. The number of rotatable bonds is 4. The molecule has 0 saturated heterocycles. The molecule has 0 aliphatic rings. The van der Waals surface area contributed by atoms with Gasteiger partial charge in [-0.1, -0.05) is 43.7 Å². The Bertz CT molecular complexity index is 839. The van der Waals surface area contributed by atoms with Crippen molar-refractivity contribution in [2.45, 2.75) is 19.8 Å². The average Bonchev–Trinajstić information content (AvgIpc) is 2.54. The summed E-state index contributed by atoms with van der Waals surface area (Å²) in [6, 6.07) is 15.5. The Labute approximate surface area is 129 Å². The zero-order valence-corrected chi connectivity index (χ0v) is 12.6. The fourth-order valence-electron chi connectivity index (χ4n) is 2.66. The third-order valence-corrected chi connectivity index (χ3v) is 3.92. The van der Waals surface area contributed by atoms with Gasteiger partial charge < -0.3 is 10.4 Å². The number of hydrogen-bond donors (Lipinski definition) is 2. The summed E-state index contributed by atoms with van der Waals surface area (Å²) >= 11 is 0. The lowest BCUT2D eigenvalue weighted by molar-refractivity contribution is 0.0951. The number of carbonyl (C=O) groups is 1. The van der Waals surface area contributed by atoms with Crippen LogP contribution in [0.4, 0.5) is 0 Å². The Morgan fingerprint density at radius 1 is 1.05 bits per heavy atom. The number of amides is 1. The van der Waals surface area contributed by atoms with Gasteiger partial charge in [0.05, 0.1) is 5.56 Å². The van der Waals surface area contributed by atoms with Crippen LogP contribution in [0.3, 0.4) is 0 Å². The fourth-order valence-corrected chi connectivity index (χ4v) is 2.66. The molecule has 0 saturated carbocycles. The lowest BCUT2D eigenvalue weighted by Gasteiger charge is -2.10. The van der Waals surface area contributed by atoms with Crippen LogP contribution in [-0.4, -0.2) is 17.6 Å². The first kappa shape index (κ1) is 14.4. The molecule has 0 aliphatic heterocycles. The Hall–Kier alpha value is -2.55. The first-order valence-electron chi connectivity index (χ1n) is 7.63. The van der Waals surface area contributed by atoms with Crippen LogP contribution in [0.2, 0.25) is 0 Å². The standard InChI is InChI=1S/C19H19NO2/c1-2-3-10-20-19(22)16-9-8-15-11-13-6-4-5-7-14(13)12-17(15)18(16)21/h4-9,11-12,21H,2-3,10H2,1H3,(H,20,22). The van der Waals surface area contributed by atoms with E-state index >= 15 is 0 Å². The van der Waals surface area contributed by atoms with Crippen LogP contribution in [0.25, 0.3) is 21.5 Å². The molecule has 2 N–H and O–H groups in total. The molecule has 0 heterocycles. The second-order valence-electron chi connectivity index (χ2n) is 5.49. The molecule has 112 valence electrons. The van der Waals surface area contributed by atoms with Gasteiger partial charge in [0, 0.05) is 11.9 Å². The number of aromatic hydroxyl groups is 1. The Morgan fingerprint density at radius 2 is 1.77 bits per heavy atom. The predicted molar refractivity (Wildman–Crippen MR) is 90.4 cm³/mol. The lowest BCUT2D eigenvalue weighted by atomic mass is 10.00. The topological polar surface area (TPSA) is 49.3 Å². The quantitative estimate of drug-likeness (QED) is 0.558. The molecule has 0 aliphatic carbocycles. The first-order valence-corrected chi connectivity index (χ1v) is 7.63. The van der Waals surface area contributed by atoms with Gasteiger partial charge in [0.15, 0.2) is 0 Å². The normalized spacial score (nSPS) is 11.0. The van der Waals surface area contributed by atoms with Crippen LogP contribution in [-0.2, 0) is 0 Å². The maximum Gasteiger partial charge on any atom is 0.255 e. The molecular formula is C19H19NO2. The van der Waals surface area contributed by atoms with Crippen LogP contribution in [0.5, 0.6) is 5.75 Å². The van der Waals surface area contributed by atoms with Crippen LogP contribution >= 0.6 is 0 Å². The second kappa shape index (κ2) is 6.06. The van der Waals surface area contributed by atoms with Gasteiger partial charge in [0.1, 0.15) is 5.75 Å². The van der Waals surface area contributed by atoms with Gasteiger partial charge in [-0.25, -0.2) is 0 Å². The van der Waals surface area contributed by atoms with Crippen molar-refractivity contribution in [2.24, 2.45) is 0 Å². The largest absolute Gasteiger partial charge is 0.506 e. The second-order valence-corrected chi connectivity index (χ2v) is 5.49. The lowest BCUT2D eigenvalue weighted by Crippen LogP contribution is -2.24. The third kappa shape index (κ3) is 2.62. The van der Waals surface area contributed by atoms with E-state index in [1.54, 1.807) is 6.07 Å². The van der Waals surface area contributed by atoms with E-state index in [1.807, 2.05) is 42.5 Å². The van der Waals surface area contributed by atoms with Crippen molar-refractivity contribution in [3.8, 4) is 5.75 Å². The summed E-state index contributed by atoms with van der Waals surface area (Å²) in [5, 5.41) is 17.1. The van der Waals surface area contributed by atoms with Crippen molar-refractivity contribution in [1.82, 2.24) is 5.32 Å². The van der Waals surface area contributed by atoms with E-state index in [0.717, 1.165) is 29.0 Å². The van der Waals surface area contributed by atoms with Gasteiger partial charge in [0.25, 0.3) is 5.91 Å². The molecule has 0 aromatic heterocycles. The van der Waals surface area contributed by atoms with E-state index in [-0.39, 0.29) is 11.7 Å². The number of unbranched alkanes of at least 4 members (excludes halogenated alkanes) is 1. The smallest absolute Gasteiger partial charge is 0.255 e. The molecule has 3 aromatic carbocycles. The van der Waals surface area contributed by atoms with Crippen LogP contribution in [0, 0.1) is 0 Å². The zero-order valence-electron chi connectivity index (χ0n) is 12.6. The number of fused-ring (bicyclic) bond motifs is 2. The van der Waals surface area contributed by atoms with Gasteiger partial charge in [-0.3, -0.25) is 4.79 Å². The molecular weight excluding hydrogens is 274 g/mol. The van der Waals surface area contributed by atoms with E-state index < -0.39 is 0 Å². The maximum absolute atomic E-state index is 12.2. The highest BCUT2D eigenvalue weighted by Crippen LogP contribution is 2.32. The van der Waals surface area contributed by atoms with Gasteiger partial charge >= 0.3 is 0 Å². The molecule has 0 bridgehead atoms. The van der Waals surface area contributed by atoms with E-state index in [0.29, 0.717) is 17.5 Å².